The fourth-order valence-corrected chi connectivity index (χ4v) is 4.89. The maximum absolute atomic E-state index is 12.7. The third kappa shape index (κ3) is 4.22. The Morgan fingerprint density at radius 2 is 1.89 bits per heavy atom. The van der Waals surface area contributed by atoms with E-state index in [1.807, 2.05) is 18.5 Å². The molecule has 8 heteroatoms. The summed E-state index contributed by atoms with van der Waals surface area (Å²) in [6.45, 7) is 6.00. The van der Waals surface area contributed by atoms with Crippen molar-refractivity contribution in [1.82, 2.24) is 19.4 Å². The van der Waals surface area contributed by atoms with Gasteiger partial charge in [-0.1, -0.05) is 18.2 Å². The van der Waals surface area contributed by atoms with Gasteiger partial charge >= 0.3 is 0 Å². The summed E-state index contributed by atoms with van der Waals surface area (Å²) in [4.78, 5) is 12.8. The largest absolute Gasteiger partial charge is 0.352 e. The fraction of sp³-hybridized carbons (Fsp3) is 0.474. The lowest BCUT2D eigenvalue weighted by molar-refractivity contribution is -0.126. The Balaban J connectivity index is 1.54. The number of nitrogens with one attached hydrogen (secondary N) is 1. The molecule has 1 aromatic heterocycles. The predicted octanol–water partition coefficient (Wildman–Crippen LogP) is 1.93. The number of hydrogen-bond donors (Lipinski definition) is 1. The molecule has 1 amide bonds. The van der Waals surface area contributed by atoms with E-state index in [9.17, 15) is 13.2 Å². The molecule has 1 saturated heterocycles. The molecule has 2 aromatic rings. The van der Waals surface area contributed by atoms with Crippen molar-refractivity contribution < 1.29 is 13.2 Å². The van der Waals surface area contributed by atoms with Gasteiger partial charge in [0.2, 0.25) is 15.9 Å². The second-order valence-corrected chi connectivity index (χ2v) is 8.72. The van der Waals surface area contributed by atoms with Gasteiger partial charge in [0.05, 0.1) is 11.1 Å². The van der Waals surface area contributed by atoms with Crippen molar-refractivity contribution in [3.05, 3.63) is 47.8 Å². The SMILES string of the molecule is CCn1ncc(CNC(=O)C2CCN(S(=O)(=O)c3ccccc3)CC2)c1C. The molecule has 0 bridgehead atoms. The van der Waals surface area contributed by atoms with E-state index in [-0.39, 0.29) is 11.8 Å². The van der Waals surface area contributed by atoms with Gasteiger partial charge in [-0.3, -0.25) is 9.48 Å². The summed E-state index contributed by atoms with van der Waals surface area (Å²) in [5.74, 6) is -0.177. The van der Waals surface area contributed by atoms with Crippen molar-refractivity contribution in [3.8, 4) is 0 Å². The minimum absolute atomic E-state index is 0.0181. The van der Waals surface area contributed by atoms with Crippen molar-refractivity contribution in [2.24, 2.45) is 5.92 Å². The Morgan fingerprint density at radius 1 is 1.22 bits per heavy atom. The Morgan fingerprint density at radius 3 is 2.48 bits per heavy atom. The average Bonchev–Trinajstić information content (AvgIpc) is 3.06. The van der Waals surface area contributed by atoms with Crippen LogP contribution in [-0.4, -0.2) is 41.5 Å². The van der Waals surface area contributed by atoms with Crippen molar-refractivity contribution in [2.45, 2.75) is 44.7 Å². The second-order valence-electron chi connectivity index (χ2n) is 6.78. The van der Waals surface area contributed by atoms with E-state index < -0.39 is 10.0 Å². The Labute approximate surface area is 160 Å². The summed E-state index contributed by atoms with van der Waals surface area (Å²) in [5.41, 5.74) is 2.07. The minimum atomic E-state index is -3.48. The van der Waals surface area contributed by atoms with Gasteiger partial charge in [0.25, 0.3) is 0 Å². The zero-order chi connectivity index (χ0) is 19.4. The highest BCUT2D eigenvalue weighted by molar-refractivity contribution is 7.89. The molecule has 0 saturated carbocycles. The van der Waals surface area contributed by atoms with Crippen LogP contribution >= 0.6 is 0 Å². The van der Waals surface area contributed by atoms with E-state index in [4.69, 9.17) is 0 Å². The van der Waals surface area contributed by atoms with E-state index in [1.165, 1.54) is 4.31 Å². The standard InChI is InChI=1S/C19H26N4O3S/c1-3-23-15(2)17(14-21-23)13-20-19(24)16-9-11-22(12-10-16)27(25,26)18-7-5-4-6-8-18/h4-8,14,16H,3,9-13H2,1-2H3,(H,20,24). The highest BCUT2D eigenvalue weighted by Crippen LogP contribution is 2.24. The first-order chi connectivity index (χ1) is 12.9. The van der Waals surface area contributed by atoms with E-state index in [0.717, 1.165) is 17.8 Å². The smallest absolute Gasteiger partial charge is 0.243 e. The van der Waals surface area contributed by atoms with Gasteiger partial charge in [0.1, 0.15) is 0 Å². The molecule has 0 spiro atoms. The van der Waals surface area contributed by atoms with Crippen molar-refractivity contribution in [1.29, 1.82) is 0 Å². The molecule has 1 aliphatic rings. The number of nitrogens with zero attached hydrogens (tertiary/aromatic N) is 3. The van der Waals surface area contributed by atoms with Crippen molar-refractivity contribution in [3.63, 3.8) is 0 Å². The van der Waals surface area contributed by atoms with Crippen LogP contribution in [0, 0.1) is 12.8 Å². The number of piperidine rings is 1. The summed E-state index contributed by atoms with van der Waals surface area (Å²) in [6, 6.07) is 8.44. The lowest BCUT2D eigenvalue weighted by atomic mass is 9.97. The molecule has 1 fully saturated rings. The van der Waals surface area contributed by atoms with Crippen LogP contribution in [0.25, 0.3) is 0 Å². The van der Waals surface area contributed by atoms with Gasteiger partial charge in [0.15, 0.2) is 0 Å². The second kappa shape index (κ2) is 8.22. The van der Waals surface area contributed by atoms with E-state index in [1.54, 1.807) is 36.5 Å². The number of rotatable bonds is 6. The number of carbonyl (C=O) groups excluding carboxylic acids is 1. The van der Waals surface area contributed by atoms with Crippen LogP contribution in [0.1, 0.15) is 31.0 Å². The van der Waals surface area contributed by atoms with E-state index in [2.05, 4.69) is 10.4 Å². The van der Waals surface area contributed by atoms with Crippen molar-refractivity contribution >= 4 is 15.9 Å². The third-order valence-corrected chi connectivity index (χ3v) is 7.08. The Hall–Kier alpha value is -2.19. The van der Waals surface area contributed by atoms with Crippen LogP contribution < -0.4 is 5.32 Å². The lowest BCUT2D eigenvalue weighted by Crippen LogP contribution is -2.42. The molecule has 2 heterocycles. The van der Waals surface area contributed by atoms with Crippen LogP contribution in [0.4, 0.5) is 0 Å². The summed E-state index contributed by atoms with van der Waals surface area (Å²) in [7, 11) is -3.48. The predicted molar refractivity (Wildman–Crippen MR) is 102 cm³/mol. The van der Waals surface area contributed by atoms with Crippen molar-refractivity contribution in [2.75, 3.05) is 13.1 Å². The number of sulfonamides is 1. The zero-order valence-electron chi connectivity index (χ0n) is 15.8. The van der Waals surface area contributed by atoms with Crippen LogP contribution in [0.15, 0.2) is 41.4 Å². The van der Waals surface area contributed by atoms with Gasteiger partial charge in [-0.15, -0.1) is 0 Å². The zero-order valence-corrected chi connectivity index (χ0v) is 16.6. The fourth-order valence-electron chi connectivity index (χ4n) is 3.40. The minimum Gasteiger partial charge on any atom is -0.352 e. The summed E-state index contributed by atoms with van der Waals surface area (Å²) >= 11 is 0. The normalized spacial score (nSPS) is 16.4. The molecule has 0 aliphatic carbocycles. The molecule has 1 aromatic carbocycles. The first-order valence-corrected chi connectivity index (χ1v) is 10.7. The Kier molecular flexibility index (Phi) is 5.96. The monoisotopic (exact) mass is 390 g/mol. The Bertz CT molecular complexity index is 885. The summed E-state index contributed by atoms with van der Waals surface area (Å²) in [6.07, 6.45) is 2.85. The molecule has 0 radical (unpaired) electrons. The third-order valence-electron chi connectivity index (χ3n) is 5.16. The molecule has 3 rings (SSSR count). The van der Waals surface area contributed by atoms with Gasteiger partial charge < -0.3 is 5.32 Å². The summed E-state index contributed by atoms with van der Waals surface area (Å²) in [5, 5.41) is 7.25. The van der Waals surface area contributed by atoms with Gasteiger partial charge in [-0.05, 0) is 38.8 Å². The van der Waals surface area contributed by atoms with E-state index in [0.29, 0.717) is 37.4 Å². The first kappa shape index (κ1) is 19.6. The molecular weight excluding hydrogens is 364 g/mol. The number of carbonyl (C=O) groups is 1. The quantitative estimate of drug-likeness (QED) is 0.817. The molecule has 1 N–H and O–H groups in total. The highest BCUT2D eigenvalue weighted by atomic mass is 32.2. The maximum Gasteiger partial charge on any atom is 0.243 e. The topological polar surface area (TPSA) is 84.3 Å². The first-order valence-electron chi connectivity index (χ1n) is 9.27. The molecular formula is C19H26N4O3S. The molecule has 146 valence electrons. The van der Waals surface area contributed by atoms with Crippen LogP contribution in [0.3, 0.4) is 0 Å². The number of hydrogen-bond acceptors (Lipinski definition) is 4. The van der Waals surface area contributed by atoms with Gasteiger partial charge in [-0.2, -0.15) is 9.40 Å². The molecule has 7 nitrogen and oxygen atoms in total. The molecule has 27 heavy (non-hydrogen) atoms. The molecule has 1 aliphatic heterocycles. The van der Waals surface area contributed by atoms with E-state index >= 15 is 0 Å². The molecule has 0 atom stereocenters. The highest BCUT2D eigenvalue weighted by Gasteiger charge is 2.31. The lowest BCUT2D eigenvalue weighted by Gasteiger charge is -2.30. The van der Waals surface area contributed by atoms with Gasteiger partial charge in [-0.25, -0.2) is 8.42 Å². The van der Waals surface area contributed by atoms with Crippen LogP contribution in [0.2, 0.25) is 0 Å². The number of amides is 1. The average molecular weight is 391 g/mol. The van der Waals surface area contributed by atoms with Crippen LogP contribution in [-0.2, 0) is 27.9 Å². The molecule has 0 unspecified atom stereocenters. The number of aromatic nitrogens is 2. The number of aryl methyl sites for hydroxylation is 1. The number of benzene rings is 1. The van der Waals surface area contributed by atoms with Gasteiger partial charge in [0, 0.05) is 43.4 Å². The van der Waals surface area contributed by atoms with Crippen LogP contribution in [0.5, 0.6) is 0 Å². The maximum atomic E-state index is 12.7. The summed E-state index contributed by atoms with van der Waals surface area (Å²) < 4.78 is 28.7.